The molecule has 0 atom stereocenters. The van der Waals surface area contributed by atoms with E-state index in [1.54, 1.807) is 31.1 Å². The molecule has 0 aliphatic carbocycles. The second-order valence-corrected chi connectivity index (χ2v) is 6.24. The van der Waals surface area contributed by atoms with Crippen molar-refractivity contribution in [3.8, 4) is 0 Å². The Morgan fingerprint density at radius 3 is 2.52 bits per heavy atom. The summed E-state index contributed by atoms with van der Waals surface area (Å²) in [6.45, 7) is 1.97. The third kappa shape index (κ3) is 3.68. The molecule has 3 rings (SSSR count). The number of carbonyl (C=O) groups excluding carboxylic acids is 2. The van der Waals surface area contributed by atoms with Crippen LogP contribution in [0.3, 0.4) is 0 Å². The number of benzene rings is 2. The molecule has 3 aromatic rings. The summed E-state index contributed by atoms with van der Waals surface area (Å²) < 4.78 is 0. The van der Waals surface area contributed by atoms with Crippen LogP contribution in [0.5, 0.6) is 0 Å². The van der Waals surface area contributed by atoms with E-state index in [-0.39, 0.29) is 11.8 Å². The number of hydrogen-bond acceptors (Lipinski definition) is 3. The quantitative estimate of drug-likeness (QED) is 0.769. The van der Waals surface area contributed by atoms with Crippen molar-refractivity contribution >= 4 is 28.4 Å². The minimum atomic E-state index is -0.269. The van der Waals surface area contributed by atoms with Crippen LogP contribution in [0.15, 0.2) is 42.5 Å². The van der Waals surface area contributed by atoms with Crippen molar-refractivity contribution in [2.75, 3.05) is 19.4 Å². The monoisotopic (exact) mass is 336 g/mol. The number of aromatic nitrogens is 2. The first kappa shape index (κ1) is 16.7. The molecule has 0 unspecified atom stereocenters. The van der Waals surface area contributed by atoms with Crippen LogP contribution in [0.2, 0.25) is 0 Å². The Labute approximate surface area is 145 Å². The number of amides is 2. The lowest BCUT2D eigenvalue weighted by Crippen LogP contribution is -2.23. The van der Waals surface area contributed by atoms with Gasteiger partial charge in [-0.2, -0.15) is 5.10 Å². The number of hydrogen-bond donors (Lipinski definition) is 2. The van der Waals surface area contributed by atoms with Gasteiger partial charge in [0.25, 0.3) is 5.91 Å². The first-order chi connectivity index (χ1) is 11.9. The van der Waals surface area contributed by atoms with E-state index in [9.17, 15) is 9.59 Å². The van der Waals surface area contributed by atoms with Crippen LogP contribution in [0.1, 0.15) is 21.6 Å². The van der Waals surface area contributed by atoms with Gasteiger partial charge in [0, 0.05) is 25.2 Å². The smallest absolute Gasteiger partial charge is 0.276 e. The van der Waals surface area contributed by atoms with Crippen LogP contribution in [0.4, 0.5) is 5.69 Å². The third-order valence-electron chi connectivity index (χ3n) is 4.00. The van der Waals surface area contributed by atoms with E-state index in [1.165, 1.54) is 0 Å². The summed E-state index contributed by atoms with van der Waals surface area (Å²) in [5, 5.41) is 10.6. The Bertz CT molecular complexity index is 926. The zero-order valence-electron chi connectivity index (χ0n) is 14.5. The van der Waals surface area contributed by atoms with Crippen molar-refractivity contribution in [3.05, 3.63) is 59.3 Å². The highest BCUT2D eigenvalue weighted by Crippen LogP contribution is 2.19. The number of aryl methyl sites for hydroxylation is 1. The van der Waals surface area contributed by atoms with Crippen LogP contribution >= 0.6 is 0 Å². The Balaban J connectivity index is 1.74. The summed E-state index contributed by atoms with van der Waals surface area (Å²) in [5.74, 6) is -0.232. The second kappa shape index (κ2) is 6.76. The summed E-state index contributed by atoms with van der Waals surface area (Å²) in [4.78, 5) is 25.8. The molecular weight excluding hydrogens is 316 g/mol. The Kier molecular flexibility index (Phi) is 4.52. The molecule has 1 heterocycles. The van der Waals surface area contributed by atoms with E-state index in [2.05, 4.69) is 15.5 Å². The number of aromatic amines is 1. The first-order valence-corrected chi connectivity index (χ1v) is 7.99. The van der Waals surface area contributed by atoms with Crippen molar-refractivity contribution in [2.45, 2.75) is 13.3 Å². The van der Waals surface area contributed by atoms with Crippen LogP contribution in [-0.2, 0) is 11.2 Å². The minimum Gasteiger partial charge on any atom is -0.349 e. The summed E-state index contributed by atoms with van der Waals surface area (Å²) in [5.41, 5.74) is 3.82. The maximum absolute atomic E-state index is 12.5. The zero-order valence-corrected chi connectivity index (χ0v) is 14.5. The van der Waals surface area contributed by atoms with Gasteiger partial charge in [0.05, 0.1) is 11.9 Å². The summed E-state index contributed by atoms with van der Waals surface area (Å²) in [6, 6.07) is 13.1. The van der Waals surface area contributed by atoms with Crippen LogP contribution < -0.4 is 5.32 Å². The maximum Gasteiger partial charge on any atom is 0.276 e. The van der Waals surface area contributed by atoms with Gasteiger partial charge in [-0.1, -0.05) is 23.8 Å². The Morgan fingerprint density at radius 2 is 1.84 bits per heavy atom. The fraction of sp³-hybridized carbons (Fsp3) is 0.211. The van der Waals surface area contributed by atoms with Gasteiger partial charge in [0.15, 0.2) is 5.69 Å². The van der Waals surface area contributed by atoms with E-state index in [1.807, 2.05) is 37.3 Å². The second-order valence-electron chi connectivity index (χ2n) is 6.24. The van der Waals surface area contributed by atoms with E-state index in [0.717, 1.165) is 22.0 Å². The predicted molar refractivity (Wildman–Crippen MR) is 97.6 cm³/mol. The van der Waals surface area contributed by atoms with Gasteiger partial charge in [0.1, 0.15) is 0 Å². The molecule has 2 aromatic carbocycles. The molecule has 128 valence electrons. The number of nitrogens with zero attached hydrogens (tertiary/aromatic N) is 2. The average molecular weight is 336 g/mol. The molecule has 0 saturated heterocycles. The van der Waals surface area contributed by atoms with Crippen molar-refractivity contribution in [1.29, 1.82) is 0 Å². The fourth-order valence-electron chi connectivity index (χ4n) is 2.53. The van der Waals surface area contributed by atoms with Gasteiger partial charge in [-0.15, -0.1) is 0 Å². The summed E-state index contributed by atoms with van der Waals surface area (Å²) >= 11 is 0. The SMILES string of the molecule is Cc1ccc2[nH]nc(C(=O)Nc3ccc(CC(=O)N(C)C)cc3)c2c1. The molecular formula is C19H20N4O2. The molecule has 0 fully saturated rings. The lowest BCUT2D eigenvalue weighted by molar-refractivity contribution is -0.127. The van der Waals surface area contributed by atoms with Gasteiger partial charge >= 0.3 is 0 Å². The third-order valence-corrected chi connectivity index (χ3v) is 4.00. The first-order valence-electron chi connectivity index (χ1n) is 7.99. The highest BCUT2D eigenvalue weighted by Gasteiger charge is 2.14. The topological polar surface area (TPSA) is 78.1 Å². The van der Waals surface area contributed by atoms with Crippen LogP contribution in [0.25, 0.3) is 10.9 Å². The van der Waals surface area contributed by atoms with E-state index in [4.69, 9.17) is 0 Å². The molecule has 0 saturated carbocycles. The predicted octanol–water partition coefficient (Wildman–Crippen LogP) is 2.75. The van der Waals surface area contributed by atoms with Crippen molar-refractivity contribution < 1.29 is 9.59 Å². The van der Waals surface area contributed by atoms with Gasteiger partial charge < -0.3 is 10.2 Å². The molecule has 25 heavy (non-hydrogen) atoms. The summed E-state index contributed by atoms with van der Waals surface area (Å²) in [6.07, 6.45) is 0.338. The number of carbonyl (C=O) groups is 2. The van der Waals surface area contributed by atoms with E-state index in [0.29, 0.717) is 17.8 Å². The Hall–Kier alpha value is -3.15. The van der Waals surface area contributed by atoms with Crippen molar-refractivity contribution in [3.63, 3.8) is 0 Å². The van der Waals surface area contributed by atoms with Crippen molar-refractivity contribution in [2.24, 2.45) is 0 Å². The largest absolute Gasteiger partial charge is 0.349 e. The molecule has 6 nitrogen and oxygen atoms in total. The summed E-state index contributed by atoms with van der Waals surface area (Å²) in [7, 11) is 3.46. The molecule has 6 heteroatoms. The van der Waals surface area contributed by atoms with Gasteiger partial charge in [0.2, 0.25) is 5.91 Å². The van der Waals surface area contributed by atoms with E-state index < -0.39 is 0 Å². The van der Waals surface area contributed by atoms with Gasteiger partial charge in [-0.05, 0) is 36.8 Å². The van der Waals surface area contributed by atoms with Crippen molar-refractivity contribution in [1.82, 2.24) is 15.1 Å². The maximum atomic E-state index is 12.5. The molecule has 2 amide bonds. The fourth-order valence-corrected chi connectivity index (χ4v) is 2.53. The highest BCUT2D eigenvalue weighted by atomic mass is 16.2. The van der Waals surface area contributed by atoms with Gasteiger partial charge in [-0.3, -0.25) is 14.7 Å². The number of nitrogens with one attached hydrogen (secondary N) is 2. The van der Waals surface area contributed by atoms with Crippen LogP contribution in [-0.4, -0.2) is 41.0 Å². The number of rotatable bonds is 4. The van der Waals surface area contributed by atoms with Gasteiger partial charge in [-0.25, -0.2) is 0 Å². The number of fused-ring (bicyclic) bond motifs is 1. The molecule has 0 aliphatic heterocycles. The molecule has 0 bridgehead atoms. The molecule has 1 aromatic heterocycles. The lowest BCUT2D eigenvalue weighted by atomic mass is 10.1. The lowest BCUT2D eigenvalue weighted by Gasteiger charge is -2.10. The number of likely N-dealkylation sites (N-methyl/N-ethyl adjacent to an activating group) is 1. The number of H-pyrrole nitrogens is 1. The molecule has 0 spiro atoms. The molecule has 2 N–H and O–H groups in total. The highest BCUT2D eigenvalue weighted by molar-refractivity contribution is 6.11. The standard InChI is InChI=1S/C19H20N4O2/c1-12-4-9-16-15(10-12)18(22-21-16)19(25)20-14-7-5-13(6-8-14)11-17(24)23(2)3/h4-10H,11H2,1-3H3,(H,20,25)(H,21,22). The molecule has 0 aliphatic rings. The normalized spacial score (nSPS) is 10.7. The molecule has 0 radical (unpaired) electrons. The van der Waals surface area contributed by atoms with E-state index >= 15 is 0 Å². The van der Waals surface area contributed by atoms with Crippen LogP contribution in [0, 0.1) is 6.92 Å². The minimum absolute atomic E-state index is 0.0372. The average Bonchev–Trinajstić information content (AvgIpc) is 2.99. The Morgan fingerprint density at radius 1 is 1.12 bits per heavy atom. The zero-order chi connectivity index (χ0) is 18.0. The number of anilines is 1.